The van der Waals surface area contributed by atoms with Gasteiger partial charge in [-0.1, -0.05) is 12.1 Å². The van der Waals surface area contributed by atoms with E-state index in [1.54, 1.807) is 0 Å². The number of ether oxygens (including phenoxy) is 1. The number of methoxy groups -OCH3 is 1. The van der Waals surface area contributed by atoms with E-state index in [1.165, 1.54) is 19.2 Å². The average molecular weight is 304 g/mol. The molecule has 0 spiro atoms. The lowest BCUT2D eigenvalue weighted by atomic mass is 10.3. The van der Waals surface area contributed by atoms with Crippen LogP contribution in [0.25, 0.3) is 0 Å². The molecular weight excluding hydrogens is 292 g/mol. The molecule has 1 unspecified atom stereocenters. The largest absolute Gasteiger partial charge is 0.480 e. The van der Waals surface area contributed by atoms with Crippen LogP contribution in [0.5, 0.6) is 0 Å². The number of nitro groups is 1. The molecule has 0 heterocycles. The summed E-state index contributed by atoms with van der Waals surface area (Å²) in [5.74, 6) is -1.45. The summed E-state index contributed by atoms with van der Waals surface area (Å²) in [5.41, 5.74) is -0.637. The normalized spacial score (nSPS) is 12.8. The van der Waals surface area contributed by atoms with E-state index in [9.17, 15) is 23.3 Å². The van der Waals surface area contributed by atoms with E-state index in [4.69, 9.17) is 5.11 Å². The fraction of sp³-hybridized carbons (Fsp3) is 0.300. The molecule has 2 N–H and O–H groups in total. The van der Waals surface area contributed by atoms with Crippen LogP contribution in [0.2, 0.25) is 0 Å². The Kier molecular flexibility index (Phi) is 5.13. The molecule has 0 aliphatic carbocycles. The van der Waals surface area contributed by atoms with Gasteiger partial charge in [0.2, 0.25) is 10.0 Å². The predicted octanol–water partition coefficient (Wildman–Crippen LogP) is -0.0273. The van der Waals surface area contributed by atoms with Crippen molar-refractivity contribution in [2.24, 2.45) is 0 Å². The van der Waals surface area contributed by atoms with Crippen LogP contribution in [0.15, 0.2) is 29.2 Å². The number of hydrogen-bond donors (Lipinski definition) is 2. The molecule has 0 amide bonds. The molecule has 0 aliphatic rings. The SMILES string of the molecule is COCC(NS(=O)(=O)c1ccccc1[N+](=O)[O-])C(=O)O. The van der Waals surface area contributed by atoms with Crippen LogP contribution in [0.4, 0.5) is 5.69 Å². The Morgan fingerprint density at radius 2 is 2.10 bits per heavy atom. The quantitative estimate of drug-likeness (QED) is 0.533. The lowest BCUT2D eigenvalue weighted by Crippen LogP contribution is -2.43. The first-order chi connectivity index (χ1) is 9.29. The van der Waals surface area contributed by atoms with Crippen molar-refractivity contribution < 1.29 is 28.0 Å². The summed E-state index contributed by atoms with van der Waals surface area (Å²) in [5, 5.41) is 19.6. The molecule has 0 bridgehead atoms. The highest BCUT2D eigenvalue weighted by Gasteiger charge is 2.30. The number of rotatable bonds is 7. The summed E-state index contributed by atoms with van der Waals surface area (Å²) in [7, 11) is -3.15. The molecule has 0 radical (unpaired) electrons. The van der Waals surface area contributed by atoms with E-state index in [-0.39, 0.29) is 0 Å². The van der Waals surface area contributed by atoms with Crippen LogP contribution >= 0.6 is 0 Å². The van der Waals surface area contributed by atoms with Gasteiger partial charge in [0.15, 0.2) is 4.90 Å². The van der Waals surface area contributed by atoms with Gasteiger partial charge in [-0.3, -0.25) is 14.9 Å². The van der Waals surface area contributed by atoms with E-state index in [0.29, 0.717) is 0 Å². The molecule has 0 saturated carbocycles. The van der Waals surface area contributed by atoms with Gasteiger partial charge in [-0.2, -0.15) is 4.72 Å². The fourth-order valence-electron chi connectivity index (χ4n) is 1.41. The van der Waals surface area contributed by atoms with Crippen LogP contribution in [-0.4, -0.2) is 44.2 Å². The highest BCUT2D eigenvalue weighted by atomic mass is 32.2. The molecule has 10 heteroatoms. The maximum Gasteiger partial charge on any atom is 0.324 e. The van der Waals surface area contributed by atoms with Crippen LogP contribution in [0, 0.1) is 10.1 Å². The molecule has 0 fully saturated rings. The third kappa shape index (κ3) is 3.73. The van der Waals surface area contributed by atoms with Crippen LogP contribution in [0.3, 0.4) is 0 Å². The van der Waals surface area contributed by atoms with Crippen LogP contribution < -0.4 is 4.72 Å². The molecule has 1 aromatic carbocycles. The van der Waals surface area contributed by atoms with Crippen molar-refractivity contribution in [3.63, 3.8) is 0 Å². The van der Waals surface area contributed by atoms with Gasteiger partial charge in [-0.05, 0) is 6.07 Å². The van der Waals surface area contributed by atoms with Crippen LogP contribution in [0.1, 0.15) is 0 Å². The van der Waals surface area contributed by atoms with Crippen molar-refractivity contribution in [2.45, 2.75) is 10.9 Å². The monoisotopic (exact) mass is 304 g/mol. The molecule has 0 saturated heterocycles. The Morgan fingerprint density at radius 3 is 2.60 bits per heavy atom. The summed E-state index contributed by atoms with van der Waals surface area (Å²) < 4.78 is 30.5. The van der Waals surface area contributed by atoms with E-state index < -0.39 is 44.1 Å². The van der Waals surface area contributed by atoms with E-state index in [1.807, 2.05) is 4.72 Å². The molecule has 0 aliphatic heterocycles. The third-order valence-corrected chi connectivity index (χ3v) is 3.80. The first kappa shape index (κ1) is 16.0. The molecule has 1 atom stereocenters. The molecule has 0 aromatic heterocycles. The van der Waals surface area contributed by atoms with Gasteiger partial charge in [-0.15, -0.1) is 0 Å². The molecule has 1 rings (SSSR count). The lowest BCUT2D eigenvalue weighted by Gasteiger charge is -2.13. The molecule has 9 nitrogen and oxygen atoms in total. The average Bonchev–Trinajstić information content (AvgIpc) is 2.38. The fourth-order valence-corrected chi connectivity index (χ4v) is 2.75. The number of carboxylic acid groups (broad SMARTS) is 1. The number of benzene rings is 1. The molecule has 20 heavy (non-hydrogen) atoms. The van der Waals surface area contributed by atoms with Gasteiger partial charge in [0.1, 0.15) is 6.04 Å². The molecule has 110 valence electrons. The van der Waals surface area contributed by atoms with Crippen molar-refractivity contribution in [1.29, 1.82) is 0 Å². The number of carbonyl (C=O) groups is 1. The molecule has 1 aromatic rings. The maximum atomic E-state index is 12.0. The predicted molar refractivity (Wildman–Crippen MR) is 66.7 cm³/mol. The van der Waals surface area contributed by atoms with Crippen molar-refractivity contribution in [2.75, 3.05) is 13.7 Å². The molecular formula is C10H12N2O7S. The number of nitrogens with one attached hydrogen (secondary N) is 1. The van der Waals surface area contributed by atoms with E-state index >= 15 is 0 Å². The number of para-hydroxylation sites is 1. The maximum absolute atomic E-state index is 12.0. The van der Waals surface area contributed by atoms with Gasteiger partial charge in [0.25, 0.3) is 5.69 Å². The summed E-state index contributed by atoms with van der Waals surface area (Å²) in [6.07, 6.45) is 0. The van der Waals surface area contributed by atoms with E-state index in [2.05, 4.69) is 4.74 Å². The van der Waals surface area contributed by atoms with Crippen molar-refractivity contribution >= 4 is 21.7 Å². The zero-order chi connectivity index (χ0) is 15.3. The Bertz CT molecular complexity index is 614. The topological polar surface area (TPSA) is 136 Å². The minimum Gasteiger partial charge on any atom is -0.480 e. The zero-order valence-corrected chi connectivity index (χ0v) is 11.2. The van der Waals surface area contributed by atoms with Gasteiger partial charge in [-0.25, -0.2) is 8.42 Å². The first-order valence-corrected chi connectivity index (χ1v) is 6.75. The number of nitro benzene ring substituents is 1. The zero-order valence-electron chi connectivity index (χ0n) is 10.3. The van der Waals surface area contributed by atoms with Crippen LogP contribution in [-0.2, 0) is 19.6 Å². The highest BCUT2D eigenvalue weighted by molar-refractivity contribution is 7.89. The Balaban J connectivity index is 3.17. The summed E-state index contributed by atoms with van der Waals surface area (Å²) >= 11 is 0. The second-order valence-corrected chi connectivity index (χ2v) is 5.37. The van der Waals surface area contributed by atoms with Gasteiger partial charge in [0, 0.05) is 13.2 Å². The Morgan fingerprint density at radius 1 is 1.50 bits per heavy atom. The number of sulfonamides is 1. The van der Waals surface area contributed by atoms with E-state index in [0.717, 1.165) is 12.1 Å². The van der Waals surface area contributed by atoms with Crippen molar-refractivity contribution in [3.05, 3.63) is 34.4 Å². The lowest BCUT2D eigenvalue weighted by molar-refractivity contribution is -0.387. The van der Waals surface area contributed by atoms with Gasteiger partial charge in [0.05, 0.1) is 11.5 Å². The highest BCUT2D eigenvalue weighted by Crippen LogP contribution is 2.22. The smallest absolute Gasteiger partial charge is 0.324 e. The second kappa shape index (κ2) is 6.41. The number of hydrogen-bond acceptors (Lipinski definition) is 6. The Labute approximate surface area is 114 Å². The van der Waals surface area contributed by atoms with Gasteiger partial charge < -0.3 is 9.84 Å². The summed E-state index contributed by atoms with van der Waals surface area (Å²) in [6.45, 7) is -0.408. The Hall–Kier alpha value is -2.04. The third-order valence-electron chi connectivity index (χ3n) is 2.28. The van der Waals surface area contributed by atoms with Crippen molar-refractivity contribution in [3.8, 4) is 0 Å². The number of carboxylic acids is 1. The number of nitrogens with zero attached hydrogens (tertiary/aromatic N) is 1. The first-order valence-electron chi connectivity index (χ1n) is 5.27. The second-order valence-electron chi connectivity index (χ2n) is 3.69. The van der Waals surface area contributed by atoms with Crippen molar-refractivity contribution in [1.82, 2.24) is 4.72 Å². The minimum atomic E-state index is -4.35. The van der Waals surface area contributed by atoms with Gasteiger partial charge >= 0.3 is 5.97 Å². The summed E-state index contributed by atoms with van der Waals surface area (Å²) in [4.78, 5) is 20.2. The summed E-state index contributed by atoms with van der Waals surface area (Å²) in [6, 6.07) is 3.10. The number of aliphatic carboxylic acids is 1. The standard InChI is InChI=1S/C10H12N2O7S/c1-19-6-7(10(13)14)11-20(17,18)9-5-3-2-4-8(9)12(15)16/h2-5,7,11H,6H2,1H3,(H,13,14). The minimum absolute atomic E-state index is 0.408.